The van der Waals surface area contributed by atoms with E-state index in [0.29, 0.717) is 23.8 Å². The van der Waals surface area contributed by atoms with Gasteiger partial charge in [-0.1, -0.05) is 19.9 Å². The number of benzene rings is 1. The molecule has 1 rings (SSSR count). The van der Waals surface area contributed by atoms with Crippen molar-refractivity contribution >= 4 is 18.3 Å². The Kier molecular flexibility index (Phi) is 8.26. The molecule has 0 aliphatic heterocycles. The number of amides is 1. The second-order valence-electron chi connectivity index (χ2n) is 5.16. The Morgan fingerprint density at radius 3 is 2.60 bits per heavy atom. The standard InChI is InChI=1S/C15H24N2O2.ClH/c1-11(2)14(16)8-9-17(3)15(18)12-6-5-7-13(10-12)19-4;/h5-7,10-11,14H,8-9,16H2,1-4H3;1H. The fourth-order valence-corrected chi connectivity index (χ4v) is 1.75. The maximum absolute atomic E-state index is 12.2. The summed E-state index contributed by atoms with van der Waals surface area (Å²) in [4.78, 5) is 13.9. The SMILES string of the molecule is COc1cccc(C(=O)N(C)CCC(N)C(C)C)c1.Cl. The van der Waals surface area contributed by atoms with Crippen LogP contribution in [0.5, 0.6) is 5.75 Å². The lowest BCUT2D eigenvalue weighted by molar-refractivity contribution is 0.0789. The molecule has 1 aromatic rings. The molecule has 1 unspecified atom stereocenters. The fraction of sp³-hybridized carbons (Fsp3) is 0.533. The number of rotatable bonds is 6. The minimum atomic E-state index is -0.00476. The van der Waals surface area contributed by atoms with Crippen molar-refractivity contribution < 1.29 is 9.53 Å². The van der Waals surface area contributed by atoms with Crippen molar-refractivity contribution in [3.63, 3.8) is 0 Å². The second kappa shape index (κ2) is 8.82. The van der Waals surface area contributed by atoms with Crippen molar-refractivity contribution in [1.82, 2.24) is 4.90 Å². The molecular formula is C15H25ClN2O2. The minimum Gasteiger partial charge on any atom is -0.497 e. The zero-order chi connectivity index (χ0) is 14.4. The van der Waals surface area contributed by atoms with E-state index in [2.05, 4.69) is 13.8 Å². The van der Waals surface area contributed by atoms with Gasteiger partial charge in [-0.05, 0) is 30.5 Å². The first-order valence-electron chi connectivity index (χ1n) is 6.60. The monoisotopic (exact) mass is 300 g/mol. The van der Waals surface area contributed by atoms with Crippen LogP contribution in [0.25, 0.3) is 0 Å². The maximum atomic E-state index is 12.2. The molecule has 20 heavy (non-hydrogen) atoms. The first-order chi connectivity index (χ1) is 8.95. The molecule has 0 aromatic heterocycles. The molecule has 0 aliphatic carbocycles. The lowest BCUT2D eigenvalue weighted by Crippen LogP contribution is -2.34. The van der Waals surface area contributed by atoms with Crippen molar-refractivity contribution in [3.05, 3.63) is 29.8 Å². The highest BCUT2D eigenvalue weighted by atomic mass is 35.5. The van der Waals surface area contributed by atoms with Gasteiger partial charge in [0.05, 0.1) is 7.11 Å². The van der Waals surface area contributed by atoms with Gasteiger partial charge < -0.3 is 15.4 Å². The van der Waals surface area contributed by atoms with Crippen LogP contribution in [0.2, 0.25) is 0 Å². The molecule has 0 radical (unpaired) electrons. The first-order valence-corrected chi connectivity index (χ1v) is 6.60. The van der Waals surface area contributed by atoms with Gasteiger partial charge in [-0.2, -0.15) is 0 Å². The Morgan fingerprint density at radius 1 is 1.40 bits per heavy atom. The lowest BCUT2D eigenvalue weighted by Gasteiger charge is -2.21. The smallest absolute Gasteiger partial charge is 0.253 e. The molecule has 1 atom stereocenters. The summed E-state index contributed by atoms with van der Waals surface area (Å²) in [5.41, 5.74) is 6.63. The molecule has 1 aromatic carbocycles. The van der Waals surface area contributed by atoms with E-state index in [1.165, 1.54) is 0 Å². The van der Waals surface area contributed by atoms with Gasteiger partial charge in [0.25, 0.3) is 5.91 Å². The zero-order valence-corrected chi connectivity index (χ0v) is 13.4. The van der Waals surface area contributed by atoms with Gasteiger partial charge >= 0.3 is 0 Å². The van der Waals surface area contributed by atoms with E-state index in [-0.39, 0.29) is 24.4 Å². The first kappa shape index (κ1) is 18.7. The number of carbonyl (C=O) groups excluding carboxylic acids is 1. The molecule has 0 bridgehead atoms. The largest absolute Gasteiger partial charge is 0.497 e. The van der Waals surface area contributed by atoms with Crippen LogP contribution in [0.1, 0.15) is 30.6 Å². The molecule has 0 saturated heterocycles. The number of hydrogen-bond donors (Lipinski definition) is 1. The summed E-state index contributed by atoms with van der Waals surface area (Å²) in [7, 11) is 3.39. The van der Waals surface area contributed by atoms with Gasteiger partial charge in [0, 0.05) is 25.2 Å². The molecule has 0 fully saturated rings. The summed E-state index contributed by atoms with van der Waals surface area (Å²) in [6, 6.07) is 7.32. The molecule has 0 aliphatic rings. The van der Waals surface area contributed by atoms with E-state index in [4.69, 9.17) is 10.5 Å². The van der Waals surface area contributed by atoms with Crippen LogP contribution in [-0.4, -0.2) is 37.6 Å². The summed E-state index contributed by atoms with van der Waals surface area (Å²) in [5, 5.41) is 0. The molecule has 4 nitrogen and oxygen atoms in total. The van der Waals surface area contributed by atoms with E-state index in [9.17, 15) is 4.79 Å². The number of carbonyl (C=O) groups is 1. The van der Waals surface area contributed by atoms with Gasteiger partial charge in [0.2, 0.25) is 0 Å². The van der Waals surface area contributed by atoms with Crippen LogP contribution in [-0.2, 0) is 0 Å². The molecule has 0 heterocycles. The predicted octanol–water partition coefficient (Wildman–Crippen LogP) is 2.56. The van der Waals surface area contributed by atoms with E-state index in [1.807, 2.05) is 12.1 Å². The summed E-state index contributed by atoms with van der Waals surface area (Å²) in [6.07, 6.45) is 0.809. The highest BCUT2D eigenvalue weighted by Gasteiger charge is 2.14. The van der Waals surface area contributed by atoms with Gasteiger partial charge in [-0.15, -0.1) is 12.4 Å². The van der Waals surface area contributed by atoms with Crippen molar-refractivity contribution in [2.75, 3.05) is 20.7 Å². The average Bonchev–Trinajstić information content (AvgIpc) is 2.43. The average molecular weight is 301 g/mol. The molecular weight excluding hydrogens is 276 g/mol. The molecule has 2 N–H and O–H groups in total. The number of hydrogen-bond acceptors (Lipinski definition) is 3. The third-order valence-corrected chi connectivity index (χ3v) is 3.32. The Labute approximate surface area is 127 Å². The van der Waals surface area contributed by atoms with Crippen LogP contribution in [0.3, 0.4) is 0 Å². The fourth-order valence-electron chi connectivity index (χ4n) is 1.75. The topological polar surface area (TPSA) is 55.6 Å². The van der Waals surface area contributed by atoms with Gasteiger partial charge in [0.1, 0.15) is 5.75 Å². The number of methoxy groups -OCH3 is 1. The highest BCUT2D eigenvalue weighted by Crippen LogP contribution is 2.14. The van der Waals surface area contributed by atoms with Crippen LogP contribution >= 0.6 is 12.4 Å². The van der Waals surface area contributed by atoms with Crippen LogP contribution in [0, 0.1) is 5.92 Å². The Morgan fingerprint density at radius 2 is 2.05 bits per heavy atom. The summed E-state index contributed by atoms with van der Waals surface area (Å²) in [5.74, 6) is 1.12. The van der Waals surface area contributed by atoms with Crippen molar-refractivity contribution in [1.29, 1.82) is 0 Å². The molecule has 0 saturated carbocycles. The van der Waals surface area contributed by atoms with E-state index in [0.717, 1.165) is 6.42 Å². The molecule has 5 heteroatoms. The number of nitrogens with zero attached hydrogens (tertiary/aromatic N) is 1. The maximum Gasteiger partial charge on any atom is 0.253 e. The number of halogens is 1. The predicted molar refractivity (Wildman–Crippen MR) is 84.6 cm³/mol. The van der Waals surface area contributed by atoms with Gasteiger partial charge in [-0.25, -0.2) is 0 Å². The van der Waals surface area contributed by atoms with Crippen molar-refractivity contribution in [3.8, 4) is 5.75 Å². The molecule has 1 amide bonds. The van der Waals surface area contributed by atoms with E-state index in [1.54, 1.807) is 31.2 Å². The number of ether oxygens (including phenoxy) is 1. The number of nitrogens with two attached hydrogens (primary N) is 1. The normalized spacial score (nSPS) is 11.7. The molecule has 114 valence electrons. The third kappa shape index (κ3) is 5.39. The van der Waals surface area contributed by atoms with Crippen molar-refractivity contribution in [2.24, 2.45) is 11.7 Å². The van der Waals surface area contributed by atoms with Gasteiger partial charge in [-0.3, -0.25) is 4.79 Å². The summed E-state index contributed by atoms with van der Waals surface area (Å²) >= 11 is 0. The van der Waals surface area contributed by atoms with E-state index < -0.39 is 0 Å². The van der Waals surface area contributed by atoms with Crippen molar-refractivity contribution in [2.45, 2.75) is 26.3 Å². The quantitative estimate of drug-likeness (QED) is 0.878. The Bertz CT molecular complexity index is 424. The summed E-state index contributed by atoms with van der Waals surface area (Å²) in [6.45, 7) is 4.85. The zero-order valence-electron chi connectivity index (χ0n) is 12.6. The van der Waals surface area contributed by atoms with Crippen LogP contribution < -0.4 is 10.5 Å². The van der Waals surface area contributed by atoms with Crippen LogP contribution in [0.15, 0.2) is 24.3 Å². The lowest BCUT2D eigenvalue weighted by atomic mass is 10.0. The third-order valence-electron chi connectivity index (χ3n) is 3.32. The Balaban J connectivity index is 0.00000361. The van der Waals surface area contributed by atoms with E-state index >= 15 is 0 Å². The second-order valence-corrected chi connectivity index (χ2v) is 5.16. The highest BCUT2D eigenvalue weighted by molar-refractivity contribution is 5.94. The van der Waals surface area contributed by atoms with Gasteiger partial charge in [0.15, 0.2) is 0 Å². The summed E-state index contributed by atoms with van der Waals surface area (Å²) < 4.78 is 5.12. The molecule has 0 spiro atoms. The van der Waals surface area contributed by atoms with Crippen LogP contribution in [0.4, 0.5) is 0 Å². The minimum absolute atomic E-state index is 0. The Hall–Kier alpha value is -1.26.